The third kappa shape index (κ3) is 0.525. The van der Waals surface area contributed by atoms with Gasteiger partial charge in [0.1, 0.15) is 12.0 Å². The molecule has 0 aromatic rings. The SMILES string of the molecule is O=C1O[C@@H]2CC[C@@H](O)C12. The topological polar surface area (TPSA) is 46.5 Å². The summed E-state index contributed by atoms with van der Waals surface area (Å²) < 4.78 is 4.73. The minimum absolute atomic E-state index is 0.0486. The standard InChI is InChI=1S/C6H8O3/c7-3-1-2-4-5(3)6(8)9-4/h3-5,7H,1-2H2/t3-,4-,5?/m1/s1. The third-order valence-electron chi connectivity index (χ3n) is 2.10. The summed E-state index contributed by atoms with van der Waals surface area (Å²) in [6.07, 6.45) is 1.20. The number of carbonyl (C=O) groups excluding carboxylic acids is 1. The van der Waals surface area contributed by atoms with Gasteiger partial charge in [-0.25, -0.2) is 0 Å². The lowest BCUT2D eigenvalue weighted by Gasteiger charge is -2.30. The second-order valence-electron chi connectivity index (χ2n) is 2.65. The first-order chi connectivity index (χ1) is 4.29. The van der Waals surface area contributed by atoms with Crippen LogP contribution in [0, 0.1) is 5.92 Å². The molecule has 0 radical (unpaired) electrons. The van der Waals surface area contributed by atoms with Crippen LogP contribution in [0.2, 0.25) is 0 Å². The zero-order chi connectivity index (χ0) is 6.43. The van der Waals surface area contributed by atoms with Crippen molar-refractivity contribution >= 4 is 5.97 Å². The van der Waals surface area contributed by atoms with Crippen LogP contribution in [-0.2, 0) is 9.53 Å². The van der Waals surface area contributed by atoms with Gasteiger partial charge in [-0.1, -0.05) is 0 Å². The Bertz CT molecular complexity index is 148. The molecule has 9 heavy (non-hydrogen) atoms. The van der Waals surface area contributed by atoms with Gasteiger partial charge in [-0.3, -0.25) is 4.79 Å². The average Bonchev–Trinajstić information content (AvgIpc) is 2.04. The fourth-order valence-electron chi connectivity index (χ4n) is 1.54. The quantitative estimate of drug-likeness (QED) is 0.455. The summed E-state index contributed by atoms with van der Waals surface area (Å²) in [4.78, 5) is 10.5. The summed E-state index contributed by atoms with van der Waals surface area (Å²) in [6.45, 7) is 0. The molecule has 0 aromatic carbocycles. The Hall–Kier alpha value is -0.570. The van der Waals surface area contributed by atoms with E-state index in [1.54, 1.807) is 0 Å². The predicted octanol–water partition coefficient (Wildman–Crippen LogP) is -0.317. The first-order valence-corrected chi connectivity index (χ1v) is 3.17. The van der Waals surface area contributed by atoms with E-state index < -0.39 is 6.10 Å². The number of hydrogen-bond acceptors (Lipinski definition) is 3. The zero-order valence-corrected chi connectivity index (χ0v) is 4.91. The minimum Gasteiger partial charge on any atom is -0.461 e. The highest BCUT2D eigenvalue weighted by atomic mass is 16.6. The van der Waals surface area contributed by atoms with Crippen molar-refractivity contribution in [1.29, 1.82) is 0 Å². The molecule has 1 saturated heterocycles. The van der Waals surface area contributed by atoms with Gasteiger partial charge in [0, 0.05) is 0 Å². The normalized spacial score (nSPS) is 47.7. The molecule has 50 valence electrons. The second kappa shape index (κ2) is 1.48. The Kier molecular flexibility index (Phi) is 0.858. The first kappa shape index (κ1) is 5.23. The van der Waals surface area contributed by atoms with Gasteiger partial charge in [0.2, 0.25) is 0 Å². The monoisotopic (exact) mass is 128 g/mol. The number of fused-ring (bicyclic) bond motifs is 1. The van der Waals surface area contributed by atoms with Crippen LogP contribution < -0.4 is 0 Å². The average molecular weight is 128 g/mol. The summed E-state index contributed by atoms with van der Waals surface area (Å²) in [5.41, 5.74) is 0. The fourth-order valence-corrected chi connectivity index (χ4v) is 1.54. The first-order valence-electron chi connectivity index (χ1n) is 3.17. The molecular formula is C6H8O3. The maximum atomic E-state index is 10.5. The van der Waals surface area contributed by atoms with Crippen LogP contribution in [0.25, 0.3) is 0 Å². The maximum Gasteiger partial charge on any atom is 0.315 e. The molecule has 0 aromatic heterocycles. The number of esters is 1. The van der Waals surface area contributed by atoms with Crippen molar-refractivity contribution in [3.05, 3.63) is 0 Å². The Labute approximate surface area is 52.6 Å². The van der Waals surface area contributed by atoms with Crippen molar-refractivity contribution < 1.29 is 14.6 Å². The van der Waals surface area contributed by atoms with Crippen LogP contribution in [0.1, 0.15) is 12.8 Å². The smallest absolute Gasteiger partial charge is 0.315 e. The number of carbonyl (C=O) groups is 1. The van der Waals surface area contributed by atoms with E-state index in [-0.39, 0.29) is 18.0 Å². The lowest BCUT2D eigenvalue weighted by Crippen LogP contribution is -2.45. The molecule has 1 unspecified atom stereocenters. The van der Waals surface area contributed by atoms with E-state index in [9.17, 15) is 4.79 Å². The fraction of sp³-hybridized carbons (Fsp3) is 0.833. The molecule has 3 atom stereocenters. The molecule has 2 fully saturated rings. The summed E-state index contributed by atoms with van der Waals surface area (Å²) in [6, 6.07) is 0. The van der Waals surface area contributed by atoms with E-state index in [0.717, 1.165) is 12.8 Å². The van der Waals surface area contributed by atoms with Gasteiger partial charge in [-0.05, 0) is 12.8 Å². The number of ether oxygens (including phenoxy) is 1. The maximum absolute atomic E-state index is 10.5. The number of aliphatic hydroxyl groups is 1. The van der Waals surface area contributed by atoms with Crippen LogP contribution >= 0.6 is 0 Å². The Morgan fingerprint density at radius 2 is 2.33 bits per heavy atom. The van der Waals surface area contributed by atoms with Crippen molar-refractivity contribution in [2.45, 2.75) is 25.0 Å². The molecule has 3 nitrogen and oxygen atoms in total. The molecule has 0 amide bonds. The van der Waals surface area contributed by atoms with Crippen molar-refractivity contribution in [3.63, 3.8) is 0 Å². The van der Waals surface area contributed by atoms with Gasteiger partial charge in [0.25, 0.3) is 0 Å². The molecule has 1 heterocycles. The Balaban J connectivity index is 2.14. The molecule has 1 aliphatic carbocycles. The molecule has 1 aliphatic heterocycles. The van der Waals surface area contributed by atoms with Crippen LogP contribution in [-0.4, -0.2) is 23.3 Å². The Morgan fingerprint density at radius 3 is 2.78 bits per heavy atom. The minimum atomic E-state index is -0.420. The third-order valence-corrected chi connectivity index (χ3v) is 2.10. The summed E-state index contributed by atoms with van der Waals surface area (Å²) in [7, 11) is 0. The van der Waals surface area contributed by atoms with Crippen LogP contribution in [0.15, 0.2) is 0 Å². The van der Waals surface area contributed by atoms with Gasteiger partial charge < -0.3 is 9.84 Å². The van der Waals surface area contributed by atoms with E-state index in [0.29, 0.717) is 0 Å². The number of hydrogen-bond donors (Lipinski definition) is 1. The lowest BCUT2D eigenvalue weighted by atomic mass is 9.99. The second-order valence-corrected chi connectivity index (χ2v) is 2.65. The highest BCUT2D eigenvalue weighted by molar-refractivity contribution is 5.79. The highest BCUT2D eigenvalue weighted by Crippen LogP contribution is 2.37. The Morgan fingerprint density at radius 1 is 1.56 bits per heavy atom. The molecule has 0 bridgehead atoms. The molecule has 2 rings (SSSR count). The highest BCUT2D eigenvalue weighted by Gasteiger charge is 2.51. The van der Waals surface area contributed by atoms with Crippen LogP contribution in [0.3, 0.4) is 0 Å². The molecule has 1 saturated carbocycles. The van der Waals surface area contributed by atoms with Gasteiger partial charge in [0.15, 0.2) is 0 Å². The van der Waals surface area contributed by atoms with Gasteiger partial charge >= 0.3 is 5.97 Å². The van der Waals surface area contributed by atoms with E-state index in [4.69, 9.17) is 9.84 Å². The van der Waals surface area contributed by atoms with E-state index in [2.05, 4.69) is 0 Å². The van der Waals surface area contributed by atoms with E-state index in [1.165, 1.54) is 0 Å². The van der Waals surface area contributed by atoms with Crippen molar-refractivity contribution in [3.8, 4) is 0 Å². The lowest BCUT2D eigenvalue weighted by molar-refractivity contribution is -0.185. The predicted molar refractivity (Wildman–Crippen MR) is 28.6 cm³/mol. The number of rotatable bonds is 0. The van der Waals surface area contributed by atoms with Crippen LogP contribution in [0.4, 0.5) is 0 Å². The van der Waals surface area contributed by atoms with Gasteiger partial charge in [0.05, 0.1) is 6.10 Å². The summed E-state index contributed by atoms with van der Waals surface area (Å²) >= 11 is 0. The van der Waals surface area contributed by atoms with Crippen molar-refractivity contribution in [1.82, 2.24) is 0 Å². The molecule has 0 spiro atoms. The summed E-state index contributed by atoms with van der Waals surface area (Å²) in [5.74, 6) is -0.394. The molecule has 1 N–H and O–H groups in total. The largest absolute Gasteiger partial charge is 0.461 e. The van der Waals surface area contributed by atoms with E-state index in [1.807, 2.05) is 0 Å². The van der Waals surface area contributed by atoms with Crippen molar-refractivity contribution in [2.24, 2.45) is 5.92 Å². The zero-order valence-electron chi connectivity index (χ0n) is 4.91. The van der Waals surface area contributed by atoms with Crippen LogP contribution in [0.5, 0.6) is 0 Å². The van der Waals surface area contributed by atoms with Crippen molar-refractivity contribution in [2.75, 3.05) is 0 Å². The van der Waals surface area contributed by atoms with Gasteiger partial charge in [-0.15, -0.1) is 0 Å². The van der Waals surface area contributed by atoms with Gasteiger partial charge in [-0.2, -0.15) is 0 Å². The molecule has 2 aliphatic rings. The molecule has 3 heteroatoms. The number of aliphatic hydroxyl groups excluding tert-OH is 1. The molecular weight excluding hydrogens is 120 g/mol. The summed E-state index contributed by atoms with van der Waals surface area (Å²) in [5, 5.41) is 9.09. The van der Waals surface area contributed by atoms with E-state index >= 15 is 0 Å².